The van der Waals surface area contributed by atoms with Gasteiger partial charge in [-0.1, -0.05) is 12.1 Å². The number of aromatic nitrogens is 4. The monoisotopic (exact) mass is 258 g/mol. The fraction of sp³-hybridized carbons (Fsp3) is 0.333. The van der Waals surface area contributed by atoms with Gasteiger partial charge in [0, 0.05) is 25.2 Å². The summed E-state index contributed by atoms with van der Waals surface area (Å²) < 4.78 is 0. The number of nitrogens with zero attached hydrogens (tertiary/aromatic N) is 4. The van der Waals surface area contributed by atoms with Crippen molar-refractivity contribution in [1.82, 2.24) is 25.9 Å². The summed E-state index contributed by atoms with van der Waals surface area (Å²) in [6.45, 7) is 1.43. The predicted molar refractivity (Wildman–Crippen MR) is 68.8 cm³/mol. The zero-order chi connectivity index (χ0) is 13.1. The largest absolute Gasteiger partial charge is 0.336 e. The smallest absolute Gasteiger partial charge is 0.321 e. The predicted octanol–water partition coefficient (Wildman–Crippen LogP) is 0.514. The lowest BCUT2D eigenvalue weighted by Crippen LogP contribution is -2.27. The zero-order valence-electron chi connectivity index (χ0n) is 10.3. The van der Waals surface area contributed by atoms with Crippen LogP contribution in [0.2, 0.25) is 0 Å². The molecule has 2 heterocycles. The molecule has 2 N–H and O–H groups in total. The molecule has 1 aliphatic heterocycles. The highest BCUT2D eigenvalue weighted by molar-refractivity contribution is 5.93. The van der Waals surface area contributed by atoms with Crippen molar-refractivity contribution in [3.63, 3.8) is 0 Å². The second-order valence-electron chi connectivity index (χ2n) is 4.40. The van der Waals surface area contributed by atoms with Gasteiger partial charge in [0.15, 0.2) is 0 Å². The number of nitrogens with one attached hydrogen (secondary N) is 2. The number of anilines is 1. The summed E-state index contributed by atoms with van der Waals surface area (Å²) in [5.74, 6) is 0.781. The topological polar surface area (TPSA) is 86.8 Å². The fourth-order valence-electron chi connectivity index (χ4n) is 2.11. The minimum Gasteiger partial charge on any atom is -0.336 e. The zero-order valence-corrected chi connectivity index (χ0v) is 10.3. The molecule has 98 valence electrons. The molecule has 0 spiro atoms. The molecule has 0 bridgehead atoms. The summed E-state index contributed by atoms with van der Waals surface area (Å²) in [6, 6.07) is 7.98. The fourth-order valence-corrected chi connectivity index (χ4v) is 2.11. The Morgan fingerprint density at radius 3 is 2.68 bits per heavy atom. The summed E-state index contributed by atoms with van der Waals surface area (Å²) >= 11 is 0. The number of urea groups is 1. The molecule has 0 aliphatic carbocycles. The van der Waals surface area contributed by atoms with Gasteiger partial charge in [-0.3, -0.25) is 4.90 Å². The number of carbonyl (C=O) groups is 1. The minimum atomic E-state index is -0.0273. The number of aryl methyl sites for hydroxylation is 2. The van der Waals surface area contributed by atoms with Crippen LogP contribution in [0.3, 0.4) is 0 Å². The lowest BCUT2D eigenvalue weighted by Gasteiger charge is -2.14. The average molecular weight is 258 g/mol. The molecule has 0 unspecified atom stereocenters. The van der Waals surface area contributed by atoms with Gasteiger partial charge < -0.3 is 5.32 Å². The number of carbonyl (C=O) groups excluding carboxylic acids is 1. The number of amides is 2. The quantitative estimate of drug-likeness (QED) is 0.836. The first-order chi connectivity index (χ1) is 9.33. The van der Waals surface area contributed by atoms with Crippen LogP contribution in [0, 0.1) is 0 Å². The highest BCUT2D eigenvalue weighted by atomic mass is 16.2. The van der Waals surface area contributed by atoms with Crippen molar-refractivity contribution in [1.29, 1.82) is 0 Å². The maximum Gasteiger partial charge on any atom is 0.321 e. The molecule has 1 aromatic heterocycles. The van der Waals surface area contributed by atoms with Crippen LogP contribution >= 0.6 is 0 Å². The lowest BCUT2D eigenvalue weighted by atomic mass is 10.1. The lowest BCUT2D eigenvalue weighted by molar-refractivity contribution is 0.252. The average Bonchev–Trinajstić information content (AvgIpc) is 3.08. The van der Waals surface area contributed by atoms with Crippen molar-refractivity contribution in [3.8, 4) is 0 Å². The van der Waals surface area contributed by atoms with E-state index in [1.54, 1.807) is 4.90 Å². The third kappa shape index (κ3) is 2.54. The Morgan fingerprint density at radius 2 is 2.05 bits per heavy atom. The Labute approximate surface area is 110 Å². The Bertz CT molecular complexity index is 550. The third-order valence-corrected chi connectivity index (χ3v) is 3.14. The molecule has 2 amide bonds. The minimum absolute atomic E-state index is 0.0273. The highest BCUT2D eigenvalue weighted by Crippen LogP contribution is 2.17. The Balaban J connectivity index is 1.64. The molecule has 2 aromatic rings. The van der Waals surface area contributed by atoms with Gasteiger partial charge in [0.25, 0.3) is 0 Å². The van der Waals surface area contributed by atoms with Gasteiger partial charge in [-0.2, -0.15) is 0 Å². The van der Waals surface area contributed by atoms with Crippen LogP contribution in [0.25, 0.3) is 0 Å². The Kier molecular flexibility index (Phi) is 3.09. The van der Waals surface area contributed by atoms with Gasteiger partial charge in [0.1, 0.15) is 5.82 Å². The number of aromatic amines is 1. The maximum atomic E-state index is 11.5. The summed E-state index contributed by atoms with van der Waals surface area (Å²) in [5, 5.41) is 16.4. The first-order valence-electron chi connectivity index (χ1n) is 6.20. The van der Waals surface area contributed by atoms with Gasteiger partial charge in [0.05, 0.1) is 0 Å². The van der Waals surface area contributed by atoms with E-state index in [1.807, 2.05) is 24.3 Å². The molecule has 7 heteroatoms. The molecular weight excluding hydrogens is 244 g/mol. The van der Waals surface area contributed by atoms with Crippen molar-refractivity contribution < 1.29 is 4.79 Å². The summed E-state index contributed by atoms with van der Waals surface area (Å²) in [5.41, 5.74) is 2.12. The van der Waals surface area contributed by atoms with Crippen molar-refractivity contribution in [2.75, 3.05) is 18.0 Å². The van der Waals surface area contributed by atoms with Crippen LogP contribution in [0.15, 0.2) is 24.3 Å². The van der Waals surface area contributed by atoms with E-state index in [2.05, 4.69) is 25.9 Å². The molecule has 1 aliphatic rings. The first-order valence-corrected chi connectivity index (χ1v) is 6.20. The van der Waals surface area contributed by atoms with E-state index in [0.29, 0.717) is 6.54 Å². The second-order valence-corrected chi connectivity index (χ2v) is 4.40. The van der Waals surface area contributed by atoms with Gasteiger partial charge in [-0.25, -0.2) is 9.89 Å². The van der Waals surface area contributed by atoms with Gasteiger partial charge >= 0.3 is 6.03 Å². The molecule has 0 saturated carbocycles. The van der Waals surface area contributed by atoms with Crippen LogP contribution in [-0.2, 0) is 12.8 Å². The molecule has 1 fully saturated rings. The van der Waals surface area contributed by atoms with Crippen molar-refractivity contribution in [3.05, 3.63) is 35.7 Å². The second kappa shape index (κ2) is 5.05. The molecule has 0 atom stereocenters. The van der Waals surface area contributed by atoms with E-state index >= 15 is 0 Å². The van der Waals surface area contributed by atoms with Gasteiger partial charge in [-0.15, -0.1) is 5.10 Å². The van der Waals surface area contributed by atoms with E-state index in [1.165, 1.54) is 5.56 Å². The summed E-state index contributed by atoms with van der Waals surface area (Å²) in [4.78, 5) is 13.3. The molecule has 1 saturated heterocycles. The summed E-state index contributed by atoms with van der Waals surface area (Å²) in [6.07, 6.45) is 1.64. The molecule has 7 nitrogen and oxygen atoms in total. The van der Waals surface area contributed by atoms with E-state index in [9.17, 15) is 4.79 Å². The number of hydrogen-bond acceptors (Lipinski definition) is 4. The number of hydrogen-bond donors (Lipinski definition) is 2. The maximum absolute atomic E-state index is 11.5. The number of tetrazole rings is 1. The number of benzene rings is 1. The Hall–Kier alpha value is -2.44. The van der Waals surface area contributed by atoms with E-state index in [0.717, 1.165) is 30.9 Å². The van der Waals surface area contributed by atoms with Crippen molar-refractivity contribution >= 4 is 11.7 Å². The molecular formula is C12H14N6O. The SMILES string of the molecule is O=C1NCCN1c1ccc(CCc2nnn[nH]2)cc1. The van der Waals surface area contributed by atoms with E-state index in [4.69, 9.17) is 0 Å². The van der Waals surface area contributed by atoms with Crippen LogP contribution in [0.5, 0.6) is 0 Å². The number of rotatable bonds is 4. The number of H-pyrrole nitrogens is 1. The van der Waals surface area contributed by atoms with Crippen molar-refractivity contribution in [2.45, 2.75) is 12.8 Å². The molecule has 0 radical (unpaired) electrons. The highest BCUT2D eigenvalue weighted by Gasteiger charge is 2.20. The molecule has 3 rings (SSSR count). The van der Waals surface area contributed by atoms with Crippen LogP contribution in [-0.4, -0.2) is 39.7 Å². The standard InChI is InChI=1S/C12H14N6O/c19-12-13-7-8-18(12)10-4-1-9(2-5-10)3-6-11-14-16-17-15-11/h1-2,4-5H,3,6-8H2,(H,13,19)(H,14,15,16,17). The normalized spacial score (nSPS) is 14.7. The summed E-state index contributed by atoms with van der Waals surface area (Å²) in [7, 11) is 0. The van der Waals surface area contributed by atoms with Crippen LogP contribution in [0.1, 0.15) is 11.4 Å². The first kappa shape index (κ1) is 11.6. The van der Waals surface area contributed by atoms with E-state index in [-0.39, 0.29) is 6.03 Å². The van der Waals surface area contributed by atoms with Gasteiger partial charge in [0.2, 0.25) is 0 Å². The molecule has 19 heavy (non-hydrogen) atoms. The van der Waals surface area contributed by atoms with Gasteiger partial charge in [-0.05, 0) is 34.5 Å². The van der Waals surface area contributed by atoms with E-state index < -0.39 is 0 Å². The molecule has 1 aromatic carbocycles. The van der Waals surface area contributed by atoms with Crippen molar-refractivity contribution in [2.24, 2.45) is 0 Å². The third-order valence-electron chi connectivity index (χ3n) is 3.14. The Morgan fingerprint density at radius 1 is 1.21 bits per heavy atom. The van der Waals surface area contributed by atoms with Crippen LogP contribution in [0.4, 0.5) is 10.5 Å². The van der Waals surface area contributed by atoms with Crippen LogP contribution < -0.4 is 10.2 Å².